The summed E-state index contributed by atoms with van der Waals surface area (Å²) in [6, 6.07) is 17.6. The number of halogens is 2. The second-order valence-corrected chi connectivity index (χ2v) is 7.88. The quantitative estimate of drug-likeness (QED) is 0.309. The summed E-state index contributed by atoms with van der Waals surface area (Å²) in [4.78, 5) is 21.3. The maximum absolute atomic E-state index is 12.7. The van der Waals surface area contributed by atoms with Crippen LogP contribution in [0.4, 0.5) is 5.69 Å². The number of nitrogens with zero attached hydrogens (tertiary/aromatic N) is 2. The number of rotatable bonds is 4. The molecule has 3 heterocycles. The van der Waals surface area contributed by atoms with Crippen molar-refractivity contribution in [3.8, 4) is 22.8 Å². The standard InChI is InChI=1S/C24H15Cl2N3O3/c1-13-12-14(24-29-22-19(32-24)6-3-11-27-22)7-8-17(13)28-23(30)20-10-9-18(31-20)15-4-2-5-16(25)21(15)26/h2-12H,1H3,(H,28,30). The number of carbonyl (C=O) groups is 1. The molecule has 8 heteroatoms. The smallest absolute Gasteiger partial charge is 0.291 e. The van der Waals surface area contributed by atoms with Crippen LogP contribution >= 0.6 is 23.2 Å². The highest BCUT2D eigenvalue weighted by Gasteiger charge is 2.17. The van der Waals surface area contributed by atoms with Crippen molar-refractivity contribution in [3.05, 3.63) is 88.2 Å². The lowest BCUT2D eigenvalue weighted by molar-refractivity contribution is 0.0997. The fourth-order valence-electron chi connectivity index (χ4n) is 3.31. The van der Waals surface area contributed by atoms with Gasteiger partial charge in [0, 0.05) is 23.0 Å². The Hall–Kier alpha value is -3.61. The Kier molecular flexibility index (Phi) is 5.17. The van der Waals surface area contributed by atoms with Crippen molar-refractivity contribution in [3.63, 3.8) is 0 Å². The van der Waals surface area contributed by atoms with Gasteiger partial charge in [-0.15, -0.1) is 0 Å². The minimum atomic E-state index is -0.378. The van der Waals surface area contributed by atoms with Gasteiger partial charge in [-0.2, -0.15) is 4.98 Å². The molecular weight excluding hydrogens is 449 g/mol. The fourth-order valence-corrected chi connectivity index (χ4v) is 3.71. The lowest BCUT2D eigenvalue weighted by atomic mass is 10.1. The zero-order chi connectivity index (χ0) is 22.2. The first-order chi connectivity index (χ1) is 15.5. The number of aromatic nitrogens is 2. The van der Waals surface area contributed by atoms with Crippen LogP contribution in [0.25, 0.3) is 34.0 Å². The average molecular weight is 464 g/mol. The van der Waals surface area contributed by atoms with Gasteiger partial charge >= 0.3 is 0 Å². The molecular formula is C24H15Cl2N3O3. The van der Waals surface area contributed by atoms with Crippen LogP contribution in [0.2, 0.25) is 10.0 Å². The normalized spacial score (nSPS) is 11.1. The number of anilines is 1. The summed E-state index contributed by atoms with van der Waals surface area (Å²) in [5, 5.41) is 3.65. The molecule has 0 spiro atoms. The van der Waals surface area contributed by atoms with E-state index in [1.54, 1.807) is 48.7 Å². The van der Waals surface area contributed by atoms with Crippen molar-refractivity contribution in [2.45, 2.75) is 6.92 Å². The highest BCUT2D eigenvalue weighted by Crippen LogP contribution is 2.34. The third-order valence-electron chi connectivity index (χ3n) is 4.93. The van der Waals surface area contributed by atoms with Crippen molar-refractivity contribution < 1.29 is 13.6 Å². The zero-order valence-electron chi connectivity index (χ0n) is 16.7. The molecule has 0 unspecified atom stereocenters. The number of oxazole rings is 1. The summed E-state index contributed by atoms with van der Waals surface area (Å²) in [6.45, 7) is 1.89. The van der Waals surface area contributed by atoms with E-state index in [0.717, 1.165) is 11.1 Å². The predicted molar refractivity (Wildman–Crippen MR) is 124 cm³/mol. The number of pyridine rings is 1. The van der Waals surface area contributed by atoms with E-state index in [9.17, 15) is 4.79 Å². The number of hydrogen-bond donors (Lipinski definition) is 1. The summed E-state index contributed by atoms with van der Waals surface area (Å²) in [5.74, 6) is 0.703. The van der Waals surface area contributed by atoms with E-state index in [2.05, 4.69) is 15.3 Å². The predicted octanol–water partition coefficient (Wildman–Crippen LogP) is 7.02. The number of amides is 1. The number of nitrogens with one attached hydrogen (secondary N) is 1. The topological polar surface area (TPSA) is 81.2 Å². The SMILES string of the molecule is Cc1cc(-c2nc3ncccc3o2)ccc1NC(=O)c1ccc(-c2cccc(Cl)c2Cl)o1. The summed E-state index contributed by atoms with van der Waals surface area (Å²) >= 11 is 12.3. The third-order valence-corrected chi connectivity index (χ3v) is 5.75. The highest BCUT2D eigenvalue weighted by atomic mass is 35.5. The second kappa shape index (κ2) is 8.15. The molecule has 1 N–H and O–H groups in total. The first-order valence-electron chi connectivity index (χ1n) is 9.68. The number of aryl methyl sites for hydroxylation is 1. The van der Waals surface area contributed by atoms with Crippen LogP contribution in [0, 0.1) is 6.92 Å². The highest BCUT2D eigenvalue weighted by molar-refractivity contribution is 6.43. The van der Waals surface area contributed by atoms with Crippen molar-refractivity contribution in [1.29, 1.82) is 0 Å². The van der Waals surface area contributed by atoms with E-state index < -0.39 is 0 Å². The van der Waals surface area contributed by atoms with Crippen LogP contribution in [-0.4, -0.2) is 15.9 Å². The molecule has 6 nitrogen and oxygen atoms in total. The molecule has 0 aliphatic carbocycles. The summed E-state index contributed by atoms with van der Waals surface area (Å²) in [6.07, 6.45) is 1.67. The number of hydrogen-bond acceptors (Lipinski definition) is 5. The molecule has 0 fully saturated rings. The van der Waals surface area contributed by atoms with Crippen LogP contribution in [-0.2, 0) is 0 Å². The Balaban J connectivity index is 1.37. The third kappa shape index (κ3) is 3.75. The van der Waals surface area contributed by atoms with Gasteiger partial charge in [-0.05, 0) is 67.1 Å². The molecule has 0 aliphatic rings. The van der Waals surface area contributed by atoms with Crippen LogP contribution in [0.15, 0.2) is 75.7 Å². The van der Waals surface area contributed by atoms with E-state index >= 15 is 0 Å². The van der Waals surface area contributed by atoms with Gasteiger partial charge < -0.3 is 14.2 Å². The Bertz CT molecular complexity index is 1440. The Morgan fingerprint density at radius 1 is 1.00 bits per heavy atom. The molecule has 3 aromatic heterocycles. The Morgan fingerprint density at radius 3 is 2.69 bits per heavy atom. The summed E-state index contributed by atoms with van der Waals surface area (Å²) < 4.78 is 11.5. The minimum absolute atomic E-state index is 0.157. The molecule has 32 heavy (non-hydrogen) atoms. The van der Waals surface area contributed by atoms with Gasteiger partial charge in [0.15, 0.2) is 17.0 Å². The van der Waals surface area contributed by atoms with Gasteiger partial charge in [-0.1, -0.05) is 29.3 Å². The molecule has 0 atom stereocenters. The lowest BCUT2D eigenvalue weighted by Gasteiger charge is -2.08. The molecule has 2 aromatic carbocycles. The van der Waals surface area contributed by atoms with Crippen LogP contribution in [0.5, 0.6) is 0 Å². The molecule has 1 amide bonds. The van der Waals surface area contributed by atoms with Crippen LogP contribution in [0.1, 0.15) is 16.1 Å². The van der Waals surface area contributed by atoms with Gasteiger partial charge in [0.1, 0.15) is 5.76 Å². The average Bonchev–Trinajstić information content (AvgIpc) is 3.44. The molecule has 5 aromatic rings. The molecule has 0 saturated carbocycles. The molecule has 0 saturated heterocycles. The summed E-state index contributed by atoms with van der Waals surface area (Å²) in [5.41, 5.74) is 4.06. The lowest BCUT2D eigenvalue weighted by Crippen LogP contribution is -2.11. The molecule has 0 bridgehead atoms. The van der Waals surface area contributed by atoms with Crippen LogP contribution < -0.4 is 5.32 Å². The molecule has 0 radical (unpaired) electrons. The van der Waals surface area contributed by atoms with Gasteiger partial charge in [0.25, 0.3) is 5.91 Å². The van der Waals surface area contributed by atoms with E-state index in [1.165, 1.54) is 0 Å². The maximum Gasteiger partial charge on any atom is 0.291 e. The second-order valence-electron chi connectivity index (χ2n) is 7.09. The summed E-state index contributed by atoms with van der Waals surface area (Å²) in [7, 11) is 0. The van der Waals surface area contributed by atoms with Gasteiger partial charge in [0.05, 0.1) is 10.0 Å². The number of furan rings is 1. The Morgan fingerprint density at radius 2 is 1.88 bits per heavy atom. The fraction of sp³-hybridized carbons (Fsp3) is 0.0417. The molecule has 0 aliphatic heterocycles. The first kappa shape index (κ1) is 20.3. The van der Waals surface area contributed by atoms with E-state index in [-0.39, 0.29) is 11.7 Å². The molecule has 5 rings (SSSR count). The number of benzene rings is 2. The number of carbonyl (C=O) groups excluding carboxylic acids is 1. The van der Waals surface area contributed by atoms with E-state index in [0.29, 0.717) is 44.2 Å². The van der Waals surface area contributed by atoms with Crippen LogP contribution in [0.3, 0.4) is 0 Å². The van der Waals surface area contributed by atoms with Crippen molar-refractivity contribution >= 4 is 46.0 Å². The van der Waals surface area contributed by atoms with Crippen molar-refractivity contribution in [2.24, 2.45) is 0 Å². The monoisotopic (exact) mass is 463 g/mol. The molecule has 158 valence electrons. The maximum atomic E-state index is 12.7. The minimum Gasteiger partial charge on any atom is -0.451 e. The van der Waals surface area contributed by atoms with Gasteiger partial charge in [0.2, 0.25) is 5.89 Å². The van der Waals surface area contributed by atoms with Crippen molar-refractivity contribution in [1.82, 2.24) is 9.97 Å². The van der Waals surface area contributed by atoms with E-state index in [4.69, 9.17) is 32.0 Å². The van der Waals surface area contributed by atoms with Crippen molar-refractivity contribution in [2.75, 3.05) is 5.32 Å². The van der Waals surface area contributed by atoms with E-state index in [1.807, 2.05) is 25.1 Å². The van der Waals surface area contributed by atoms with Gasteiger partial charge in [-0.25, -0.2) is 4.98 Å². The Labute approximate surface area is 192 Å². The van der Waals surface area contributed by atoms with Gasteiger partial charge in [-0.3, -0.25) is 4.79 Å². The largest absolute Gasteiger partial charge is 0.451 e. The first-order valence-corrected chi connectivity index (χ1v) is 10.4. The zero-order valence-corrected chi connectivity index (χ0v) is 18.2. The number of fused-ring (bicyclic) bond motifs is 1.